The van der Waals surface area contributed by atoms with E-state index in [1.165, 1.54) is 0 Å². The van der Waals surface area contributed by atoms with E-state index in [-0.39, 0.29) is 11.8 Å². The molecule has 0 amide bonds. The third-order valence-corrected chi connectivity index (χ3v) is 4.58. The van der Waals surface area contributed by atoms with Gasteiger partial charge < -0.3 is 0 Å². The third kappa shape index (κ3) is 1.13. The van der Waals surface area contributed by atoms with Crippen LogP contribution in [0.2, 0.25) is 0 Å². The summed E-state index contributed by atoms with van der Waals surface area (Å²) in [5, 5.41) is 0.977. The van der Waals surface area contributed by atoms with E-state index in [2.05, 4.69) is 0 Å². The molecular formula is C8H6Cl4. The molecule has 2 aliphatic rings. The average molecular weight is 244 g/mol. The molecule has 2 aliphatic carbocycles. The Hall–Kier alpha value is 0.640. The number of hydrogen-bond acceptors (Lipinski definition) is 0. The van der Waals surface area contributed by atoms with Gasteiger partial charge in [-0.2, -0.15) is 0 Å². The summed E-state index contributed by atoms with van der Waals surface area (Å²) < 4.78 is -1.01. The van der Waals surface area contributed by atoms with E-state index in [9.17, 15) is 0 Å². The molecule has 4 heteroatoms. The molecule has 0 aromatic heterocycles. The Labute approximate surface area is 91.1 Å². The average Bonchev–Trinajstić information content (AvgIpc) is 2.46. The van der Waals surface area contributed by atoms with Gasteiger partial charge in [-0.25, -0.2) is 0 Å². The van der Waals surface area contributed by atoms with Crippen LogP contribution in [0.15, 0.2) is 22.2 Å². The monoisotopic (exact) mass is 242 g/mol. The molecule has 12 heavy (non-hydrogen) atoms. The maximum Gasteiger partial charge on any atom is 0.160 e. The van der Waals surface area contributed by atoms with Gasteiger partial charge in [0, 0.05) is 16.9 Å². The highest BCUT2D eigenvalue weighted by Gasteiger charge is 2.46. The van der Waals surface area contributed by atoms with Crippen molar-refractivity contribution in [3.8, 4) is 0 Å². The molecule has 2 rings (SSSR count). The van der Waals surface area contributed by atoms with Crippen LogP contribution in [-0.2, 0) is 0 Å². The molecule has 0 fully saturated rings. The van der Waals surface area contributed by atoms with Gasteiger partial charge in [0.2, 0.25) is 0 Å². The Kier molecular flexibility index (Phi) is 2.16. The minimum absolute atomic E-state index is 0.112. The lowest BCUT2D eigenvalue weighted by molar-refractivity contribution is 0.525. The summed E-state index contributed by atoms with van der Waals surface area (Å²) in [7, 11) is 0. The second kappa shape index (κ2) is 2.81. The summed E-state index contributed by atoms with van der Waals surface area (Å²) in [5.41, 5.74) is 0. The normalized spacial score (nSPS) is 37.7. The lowest BCUT2D eigenvalue weighted by Crippen LogP contribution is -2.28. The van der Waals surface area contributed by atoms with Crippen molar-refractivity contribution in [2.24, 2.45) is 11.8 Å². The summed E-state index contributed by atoms with van der Waals surface area (Å²) in [6.45, 7) is 0. The van der Waals surface area contributed by atoms with Crippen LogP contribution in [0.25, 0.3) is 0 Å². The van der Waals surface area contributed by atoms with E-state index < -0.39 is 4.33 Å². The van der Waals surface area contributed by atoms with Crippen molar-refractivity contribution in [3.63, 3.8) is 0 Å². The minimum Gasteiger partial charge on any atom is -0.0946 e. The summed E-state index contributed by atoms with van der Waals surface area (Å²) in [6.07, 6.45) is 4.88. The Bertz CT molecular complexity index is 277. The van der Waals surface area contributed by atoms with Gasteiger partial charge in [-0.1, -0.05) is 58.6 Å². The highest BCUT2D eigenvalue weighted by atomic mass is 35.5. The second-order valence-corrected chi connectivity index (χ2v) is 5.29. The van der Waals surface area contributed by atoms with Crippen LogP contribution in [0.5, 0.6) is 0 Å². The maximum atomic E-state index is 6.05. The first kappa shape index (κ1) is 9.21. The predicted octanol–water partition coefficient (Wildman–Crippen LogP) is 4.06. The fourth-order valence-corrected chi connectivity index (χ4v) is 2.86. The highest BCUT2D eigenvalue weighted by Crippen LogP contribution is 2.54. The van der Waals surface area contributed by atoms with Crippen LogP contribution in [0.3, 0.4) is 0 Å². The molecule has 0 aromatic carbocycles. The molecule has 66 valence electrons. The summed E-state index contributed by atoms with van der Waals surface area (Å²) >= 11 is 24.0. The quantitative estimate of drug-likeness (QED) is 0.445. The van der Waals surface area contributed by atoms with E-state index in [0.717, 1.165) is 6.42 Å². The number of alkyl halides is 2. The van der Waals surface area contributed by atoms with Crippen molar-refractivity contribution in [2.75, 3.05) is 0 Å². The molecule has 0 unspecified atom stereocenters. The van der Waals surface area contributed by atoms with Crippen LogP contribution in [0, 0.1) is 11.8 Å². The first-order valence-corrected chi connectivity index (χ1v) is 5.16. The van der Waals surface area contributed by atoms with E-state index >= 15 is 0 Å². The molecule has 0 aromatic rings. The second-order valence-electron chi connectivity index (χ2n) is 3.12. The fraction of sp³-hybridized carbons (Fsp3) is 0.500. The predicted molar refractivity (Wildman–Crippen MR) is 53.9 cm³/mol. The van der Waals surface area contributed by atoms with Crippen molar-refractivity contribution in [2.45, 2.75) is 10.8 Å². The van der Waals surface area contributed by atoms with Crippen molar-refractivity contribution in [3.05, 3.63) is 22.2 Å². The first-order chi connectivity index (χ1) is 5.53. The zero-order chi connectivity index (χ0) is 8.93. The van der Waals surface area contributed by atoms with Gasteiger partial charge in [0.1, 0.15) is 0 Å². The van der Waals surface area contributed by atoms with Gasteiger partial charge in [0.25, 0.3) is 0 Å². The standard InChI is InChI=1S/C8H6Cl4/c9-6-4-1-2-5(3-4)8(11,12)7(6)10/h1-2,4-5H,3H2/t4-,5+/m0/s1. The van der Waals surface area contributed by atoms with Gasteiger partial charge in [0.05, 0.1) is 5.03 Å². The number of rotatable bonds is 0. The zero-order valence-electron chi connectivity index (χ0n) is 6.03. The van der Waals surface area contributed by atoms with Crippen LogP contribution >= 0.6 is 46.4 Å². The van der Waals surface area contributed by atoms with E-state index in [4.69, 9.17) is 46.4 Å². The Balaban J connectivity index is 2.51. The van der Waals surface area contributed by atoms with Crippen molar-refractivity contribution in [1.29, 1.82) is 0 Å². The Morgan fingerprint density at radius 2 is 1.92 bits per heavy atom. The highest BCUT2D eigenvalue weighted by molar-refractivity contribution is 6.58. The van der Waals surface area contributed by atoms with Gasteiger partial charge in [-0.05, 0) is 6.42 Å². The fourth-order valence-electron chi connectivity index (χ4n) is 1.64. The zero-order valence-corrected chi connectivity index (χ0v) is 9.05. The number of fused-ring (bicyclic) bond motifs is 2. The third-order valence-electron chi connectivity index (χ3n) is 2.38. The molecule has 0 aliphatic heterocycles. The van der Waals surface area contributed by atoms with E-state index in [1.54, 1.807) is 0 Å². The Morgan fingerprint density at radius 3 is 2.58 bits per heavy atom. The van der Waals surface area contributed by atoms with Gasteiger partial charge in [-0.3, -0.25) is 0 Å². The van der Waals surface area contributed by atoms with Gasteiger partial charge in [-0.15, -0.1) is 0 Å². The van der Waals surface area contributed by atoms with Crippen molar-refractivity contribution in [1.82, 2.24) is 0 Å². The molecule has 0 heterocycles. The van der Waals surface area contributed by atoms with Crippen molar-refractivity contribution >= 4 is 46.4 Å². The minimum atomic E-state index is -1.01. The van der Waals surface area contributed by atoms with Crippen LogP contribution in [0.4, 0.5) is 0 Å². The topological polar surface area (TPSA) is 0 Å². The molecule has 0 saturated heterocycles. The first-order valence-electron chi connectivity index (χ1n) is 3.65. The SMILES string of the molecule is ClC1=C(Cl)C(Cl)(Cl)[C@@H]2C=C[C@H]1C2. The lowest BCUT2D eigenvalue weighted by Gasteiger charge is -2.31. The lowest BCUT2D eigenvalue weighted by atomic mass is 9.93. The molecule has 0 saturated carbocycles. The number of hydrogen-bond donors (Lipinski definition) is 0. The van der Waals surface area contributed by atoms with Crippen LogP contribution < -0.4 is 0 Å². The number of halogens is 4. The Morgan fingerprint density at radius 1 is 1.25 bits per heavy atom. The molecule has 0 spiro atoms. The molecule has 2 bridgehead atoms. The largest absolute Gasteiger partial charge is 0.160 e. The molecule has 0 radical (unpaired) electrons. The van der Waals surface area contributed by atoms with Crippen LogP contribution in [-0.4, -0.2) is 4.33 Å². The number of allylic oxidation sites excluding steroid dienone is 4. The smallest absolute Gasteiger partial charge is 0.0946 e. The molecule has 0 N–H and O–H groups in total. The molecule has 2 atom stereocenters. The van der Waals surface area contributed by atoms with Gasteiger partial charge >= 0.3 is 0 Å². The van der Waals surface area contributed by atoms with E-state index in [0.29, 0.717) is 10.1 Å². The summed E-state index contributed by atoms with van der Waals surface area (Å²) in [5.74, 6) is 0.343. The maximum absolute atomic E-state index is 6.05. The van der Waals surface area contributed by atoms with Gasteiger partial charge in [0.15, 0.2) is 4.33 Å². The van der Waals surface area contributed by atoms with Crippen LogP contribution in [0.1, 0.15) is 6.42 Å². The summed E-state index contributed by atoms with van der Waals surface area (Å²) in [6, 6.07) is 0. The summed E-state index contributed by atoms with van der Waals surface area (Å²) in [4.78, 5) is 0. The van der Waals surface area contributed by atoms with E-state index in [1.807, 2.05) is 12.2 Å². The molecule has 0 nitrogen and oxygen atoms in total. The van der Waals surface area contributed by atoms with Crippen molar-refractivity contribution < 1.29 is 0 Å². The molecular weight excluding hydrogens is 238 g/mol.